The first kappa shape index (κ1) is 14.0. The van der Waals surface area contributed by atoms with E-state index in [1.54, 1.807) is 7.11 Å². The van der Waals surface area contributed by atoms with E-state index in [0.717, 1.165) is 25.0 Å². The highest BCUT2D eigenvalue weighted by atomic mass is 16.5. The molecule has 0 unspecified atom stereocenters. The van der Waals surface area contributed by atoms with Gasteiger partial charge in [-0.2, -0.15) is 0 Å². The minimum Gasteiger partial charge on any atom is -0.381 e. The summed E-state index contributed by atoms with van der Waals surface area (Å²) in [6.07, 6.45) is 6.29. The molecule has 2 fully saturated rings. The lowest BCUT2D eigenvalue weighted by molar-refractivity contribution is 0.0523. The van der Waals surface area contributed by atoms with E-state index < -0.39 is 0 Å². The van der Waals surface area contributed by atoms with Crippen molar-refractivity contribution < 1.29 is 9.47 Å². The highest BCUT2D eigenvalue weighted by Gasteiger charge is 2.40. The highest BCUT2D eigenvalue weighted by molar-refractivity contribution is 4.93. The molecule has 0 aromatic rings. The van der Waals surface area contributed by atoms with E-state index in [4.69, 9.17) is 9.47 Å². The molecule has 0 bridgehead atoms. The smallest absolute Gasteiger partial charge is 0.0678 e. The van der Waals surface area contributed by atoms with Gasteiger partial charge >= 0.3 is 0 Å². The molecule has 1 aliphatic heterocycles. The summed E-state index contributed by atoms with van der Waals surface area (Å²) in [6.45, 7) is 8.76. The maximum absolute atomic E-state index is 5.25. The van der Waals surface area contributed by atoms with Gasteiger partial charge in [0.05, 0.1) is 5.60 Å². The SMILES string of the molecule is CC(C)C1CCOCC1.CCC1(OC)CC1. The quantitative estimate of drug-likeness (QED) is 0.734. The topological polar surface area (TPSA) is 18.5 Å². The number of hydrogen-bond donors (Lipinski definition) is 0. The summed E-state index contributed by atoms with van der Waals surface area (Å²) in [4.78, 5) is 0. The molecule has 1 saturated heterocycles. The molecular formula is C14H28O2. The molecule has 0 spiro atoms. The molecule has 0 aromatic carbocycles. The van der Waals surface area contributed by atoms with Gasteiger partial charge in [-0.1, -0.05) is 20.8 Å². The zero-order chi connectivity index (χ0) is 12.0. The van der Waals surface area contributed by atoms with Crippen LogP contribution in [-0.2, 0) is 9.47 Å². The van der Waals surface area contributed by atoms with Crippen LogP contribution in [0.5, 0.6) is 0 Å². The van der Waals surface area contributed by atoms with E-state index in [1.165, 1.54) is 32.1 Å². The normalized spacial score (nSPS) is 23.8. The average Bonchev–Trinajstić information content (AvgIpc) is 3.11. The van der Waals surface area contributed by atoms with E-state index in [-0.39, 0.29) is 0 Å². The van der Waals surface area contributed by atoms with Crippen molar-refractivity contribution in [1.29, 1.82) is 0 Å². The van der Waals surface area contributed by atoms with Crippen molar-refractivity contribution in [2.45, 2.75) is 58.5 Å². The Kier molecular flexibility index (Phi) is 5.77. The van der Waals surface area contributed by atoms with Crippen LogP contribution < -0.4 is 0 Å². The molecular weight excluding hydrogens is 200 g/mol. The lowest BCUT2D eigenvalue weighted by Crippen LogP contribution is -2.19. The van der Waals surface area contributed by atoms with Crippen LogP contribution in [0.15, 0.2) is 0 Å². The lowest BCUT2D eigenvalue weighted by atomic mass is 9.89. The van der Waals surface area contributed by atoms with Crippen LogP contribution >= 0.6 is 0 Å². The molecule has 1 saturated carbocycles. The predicted molar refractivity (Wildman–Crippen MR) is 67.6 cm³/mol. The molecule has 0 aromatic heterocycles. The minimum atomic E-state index is 0.333. The zero-order valence-corrected chi connectivity index (χ0v) is 11.4. The molecule has 16 heavy (non-hydrogen) atoms. The standard InChI is InChI=1S/C8H16O.C6H12O/c1-7(2)8-3-5-9-6-4-8;1-3-6(7-2)4-5-6/h7-8H,3-6H2,1-2H3;3-5H2,1-2H3. The van der Waals surface area contributed by atoms with Crippen LogP contribution in [0.4, 0.5) is 0 Å². The summed E-state index contributed by atoms with van der Waals surface area (Å²) >= 11 is 0. The fraction of sp³-hybridized carbons (Fsp3) is 1.00. The third-order valence-corrected chi connectivity index (χ3v) is 4.09. The summed E-state index contributed by atoms with van der Waals surface area (Å²) in [5.41, 5.74) is 0.333. The van der Waals surface area contributed by atoms with Crippen molar-refractivity contribution in [3.05, 3.63) is 0 Å². The van der Waals surface area contributed by atoms with Gasteiger partial charge in [-0.25, -0.2) is 0 Å². The zero-order valence-electron chi connectivity index (χ0n) is 11.4. The highest BCUT2D eigenvalue weighted by Crippen LogP contribution is 2.41. The molecule has 2 aliphatic rings. The van der Waals surface area contributed by atoms with Crippen LogP contribution in [0.1, 0.15) is 52.9 Å². The Bertz CT molecular complexity index is 173. The van der Waals surface area contributed by atoms with Crippen LogP contribution in [0.2, 0.25) is 0 Å². The number of rotatable bonds is 3. The Labute approximate surface area is 101 Å². The molecule has 2 rings (SSSR count). The number of hydrogen-bond acceptors (Lipinski definition) is 2. The van der Waals surface area contributed by atoms with Gasteiger partial charge in [-0.3, -0.25) is 0 Å². The van der Waals surface area contributed by atoms with Gasteiger partial charge in [-0.05, 0) is 43.9 Å². The van der Waals surface area contributed by atoms with Crippen molar-refractivity contribution >= 4 is 0 Å². The van der Waals surface area contributed by atoms with Crippen LogP contribution in [0.25, 0.3) is 0 Å². The van der Waals surface area contributed by atoms with Crippen molar-refractivity contribution in [2.75, 3.05) is 20.3 Å². The first-order chi connectivity index (χ1) is 7.63. The third-order valence-electron chi connectivity index (χ3n) is 4.09. The van der Waals surface area contributed by atoms with Crippen molar-refractivity contribution in [1.82, 2.24) is 0 Å². The van der Waals surface area contributed by atoms with Crippen LogP contribution in [-0.4, -0.2) is 25.9 Å². The molecule has 0 N–H and O–H groups in total. The first-order valence-corrected chi connectivity index (χ1v) is 6.76. The molecule has 2 nitrogen and oxygen atoms in total. The largest absolute Gasteiger partial charge is 0.381 e. The second kappa shape index (κ2) is 6.61. The number of methoxy groups -OCH3 is 1. The Hall–Kier alpha value is -0.0800. The molecule has 0 atom stereocenters. The second-order valence-electron chi connectivity index (χ2n) is 5.43. The van der Waals surface area contributed by atoms with Crippen molar-refractivity contribution in [3.63, 3.8) is 0 Å². The monoisotopic (exact) mass is 228 g/mol. The Balaban J connectivity index is 0.000000165. The van der Waals surface area contributed by atoms with Crippen molar-refractivity contribution in [2.24, 2.45) is 11.8 Å². The van der Waals surface area contributed by atoms with Gasteiger partial charge in [0.2, 0.25) is 0 Å². The minimum absolute atomic E-state index is 0.333. The van der Waals surface area contributed by atoms with Crippen LogP contribution in [0.3, 0.4) is 0 Å². The molecule has 96 valence electrons. The predicted octanol–water partition coefficient (Wildman–Crippen LogP) is 3.64. The average molecular weight is 228 g/mol. The molecule has 0 amide bonds. The van der Waals surface area contributed by atoms with Gasteiger partial charge in [0.25, 0.3) is 0 Å². The molecule has 2 heteroatoms. The Morgan fingerprint density at radius 2 is 1.81 bits per heavy atom. The molecule has 1 aliphatic carbocycles. The van der Waals surface area contributed by atoms with Crippen molar-refractivity contribution in [3.8, 4) is 0 Å². The van der Waals surface area contributed by atoms with Crippen LogP contribution in [0, 0.1) is 11.8 Å². The van der Waals surface area contributed by atoms with Gasteiger partial charge in [0.1, 0.15) is 0 Å². The van der Waals surface area contributed by atoms with Gasteiger partial charge in [0, 0.05) is 20.3 Å². The van der Waals surface area contributed by atoms with Gasteiger partial charge in [-0.15, -0.1) is 0 Å². The number of ether oxygens (including phenoxy) is 2. The summed E-state index contributed by atoms with van der Waals surface area (Å²) < 4.78 is 10.4. The van der Waals surface area contributed by atoms with E-state index >= 15 is 0 Å². The fourth-order valence-electron chi connectivity index (χ4n) is 2.22. The summed E-state index contributed by atoms with van der Waals surface area (Å²) in [7, 11) is 1.80. The molecule has 1 heterocycles. The maximum Gasteiger partial charge on any atom is 0.0678 e. The summed E-state index contributed by atoms with van der Waals surface area (Å²) in [5.74, 6) is 1.78. The summed E-state index contributed by atoms with van der Waals surface area (Å²) in [5, 5.41) is 0. The van der Waals surface area contributed by atoms with Gasteiger partial charge in [0.15, 0.2) is 0 Å². The van der Waals surface area contributed by atoms with Gasteiger partial charge < -0.3 is 9.47 Å². The van der Waals surface area contributed by atoms with E-state index in [2.05, 4.69) is 20.8 Å². The maximum atomic E-state index is 5.25. The Morgan fingerprint density at radius 3 is 2.00 bits per heavy atom. The van der Waals surface area contributed by atoms with E-state index in [0.29, 0.717) is 5.60 Å². The summed E-state index contributed by atoms with van der Waals surface area (Å²) in [6, 6.07) is 0. The molecule has 0 radical (unpaired) electrons. The fourth-order valence-corrected chi connectivity index (χ4v) is 2.22. The lowest BCUT2D eigenvalue weighted by Gasteiger charge is -2.24. The second-order valence-corrected chi connectivity index (χ2v) is 5.43. The first-order valence-electron chi connectivity index (χ1n) is 6.76. The third kappa shape index (κ3) is 4.42. The van der Waals surface area contributed by atoms with E-state index in [9.17, 15) is 0 Å². The Morgan fingerprint density at radius 1 is 1.25 bits per heavy atom. The van der Waals surface area contributed by atoms with E-state index in [1.807, 2.05) is 0 Å².